The summed E-state index contributed by atoms with van der Waals surface area (Å²) in [5.41, 5.74) is 0. The van der Waals surface area contributed by atoms with Crippen molar-refractivity contribution in [2.45, 2.75) is 64.2 Å². The van der Waals surface area contributed by atoms with Gasteiger partial charge in [-0.3, -0.25) is 0 Å². The highest BCUT2D eigenvalue weighted by Gasteiger charge is 2.24. The standard InChI is InChI=1S/C12H22.2H3O3PS/c1-3-7-11(8-4-1)12-9-5-2-6-10-12;2*1-4(2,3)5/h11-12H,1-10H2;2*(H3,1,2,3,5). The Kier molecular flexibility index (Phi) is 12.1. The topological polar surface area (TPSA) is 118 Å². The van der Waals surface area contributed by atoms with Crippen LogP contribution < -0.4 is 0 Å². The Morgan fingerprint density at radius 1 is 0.727 bits per heavy atom. The van der Waals surface area contributed by atoms with E-state index in [9.17, 15) is 4.57 Å². The fourth-order valence-corrected chi connectivity index (χ4v) is 3.21. The predicted octanol–water partition coefficient (Wildman–Crippen LogP) is 3.34. The summed E-state index contributed by atoms with van der Waals surface area (Å²) < 4.78 is 9.19. The van der Waals surface area contributed by atoms with Crippen LogP contribution in [0.4, 0.5) is 0 Å². The second kappa shape index (κ2) is 11.6. The van der Waals surface area contributed by atoms with E-state index >= 15 is 0 Å². The van der Waals surface area contributed by atoms with Crippen LogP contribution in [0.5, 0.6) is 0 Å². The van der Waals surface area contributed by atoms with Crippen LogP contribution in [-0.4, -0.2) is 24.5 Å². The lowest BCUT2D eigenvalue weighted by Crippen LogP contribution is -2.20. The SMILES string of the molecule is C1CCC(C2CCCCC2)CC1.O=P(O)(O)S.OP(O)(O)=S. The van der Waals surface area contributed by atoms with Crippen molar-refractivity contribution in [1.82, 2.24) is 0 Å². The molecule has 22 heavy (non-hydrogen) atoms. The summed E-state index contributed by atoms with van der Waals surface area (Å²) >= 11 is 6.39. The van der Waals surface area contributed by atoms with Crippen LogP contribution in [0.1, 0.15) is 64.2 Å². The number of hydrogen-bond acceptors (Lipinski definition) is 2. The predicted molar refractivity (Wildman–Crippen MR) is 95.1 cm³/mol. The Morgan fingerprint density at radius 2 is 0.909 bits per heavy atom. The van der Waals surface area contributed by atoms with Crippen LogP contribution in [0.3, 0.4) is 0 Å². The van der Waals surface area contributed by atoms with E-state index < -0.39 is 13.5 Å². The van der Waals surface area contributed by atoms with Gasteiger partial charge in [0.2, 0.25) is 0 Å². The van der Waals surface area contributed by atoms with Crippen molar-refractivity contribution in [3.8, 4) is 0 Å². The zero-order valence-electron chi connectivity index (χ0n) is 12.6. The van der Waals surface area contributed by atoms with Crippen LogP contribution in [0.15, 0.2) is 0 Å². The molecular weight excluding hydrogens is 366 g/mol. The van der Waals surface area contributed by atoms with Gasteiger partial charge >= 0.3 is 13.5 Å². The van der Waals surface area contributed by atoms with Crippen molar-refractivity contribution in [2.75, 3.05) is 0 Å². The zero-order valence-corrected chi connectivity index (χ0v) is 16.1. The molecule has 0 radical (unpaired) electrons. The Labute approximate surface area is 142 Å². The summed E-state index contributed by atoms with van der Waals surface area (Å²) in [5, 5.41) is 0. The second-order valence-corrected chi connectivity index (χ2v) is 10.9. The molecule has 0 bridgehead atoms. The number of thiol groups is 1. The van der Waals surface area contributed by atoms with Crippen LogP contribution in [-0.2, 0) is 16.4 Å². The molecule has 6 nitrogen and oxygen atoms in total. The molecule has 0 aromatic rings. The van der Waals surface area contributed by atoms with E-state index in [0.29, 0.717) is 0 Å². The maximum atomic E-state index is 9.19. The molecule has 2 rings (SSSR count). The summed E-state index contributed by atoms with van der Waals surface area (Å²) in [5.74, 6) is 2.28. The van der Waals surface area contributed by atoms with Crippen LogP contribution in [0.2, 0.25) is 0 Å². The van der Waals surface area contributed by atoms with E-state index in [1.807, 2.05) is 0 Å². The van der Waals surface area contributed by atoms with Crippen molar-refractivity contribution in [3.63, 3.8) is 0 Å². The Bertz CT molecular complexity index is 319. The lowest BCUT2D eigenvalue weighted by molar-refractivity contribution is 0.196. The minimum absolute atomic E-state index is 1.14. The Hall–Kier alpha value is 1.03. The highest BCUT2D eigenvalue weighted by Crippen LogP contribution is 2.39. The van der Waals surface area contributed by atoms with Crippen molar-refractivity contribution in [3.05, 3.63) is 0 Å². The molecule has 10 heteroatoms. The van der Waals surface area contributed by atoms with Gasteiger partial charge in [0, 0.05) is 0 Å². The smallest absolute Gasteiger partial charge is 0.325 e. The fraction of sp³-hybridized carbons (Fsp3) is 1.00. The minimum atomic E-state index is -3.94. The largest absolute Gasteiger partial charge is 0.380 e. The van der Waals surface area contributed by atoms with Gasteiger partial charge < -0.3 is 24.5 Å². The quantitative estimate of drug-likeness (QED) is 0.298. The molecule has 134 valence electrons. The lowest BCUT2D eigenvalue weighted by Gasteiger charge is -2.32. The summed E-state index contributed by atoms with van der Waals surface area (Å²) in [6.45, 7) is -7.75. The fourth-order valence-electron chi connectivity index (χ4n) is 3.21. The first kappa shape index (κ1) is 23.0. The molecule has 2 saturated carbocycles. The zero-order chi connectivity index (χ0) is 17.2. The minimum Gasteiger partial charge on any atom is -0.325 e. The summed E-state index contributed by atoms with van der Waals surface area (Å²) in [6.07, 6.45) is 15.4. The third-order valence-corrected chi connectivity index (χ3v) is 3.97. The molecule has 0 heterocycles. The van der Waals surface area contributed by atoms with E-state index in [4.69, 9.17) is 24.5 Å². The first-order valence-corrected chi connectivity index (χ1v) is 13.0. The average molecular weight is 394 g/mol. The first-order valence-electron chi connectivity index (χ1n) is 7.53. The van der Waals surface area contributed by atoms with E-state index in [1.165, 1.54) is 38.5 Å². The molecule has 0 unspecified atom stereocenters. The average Bonchev–Trinajstić information content (AvgIpc) is 2.37. The maximum Gasteiger partial charge on any atom is 0.380 e. The number of rotatable bonds is 1. The lowest BCUT2D eigenvalue weighted by atomic mass is 9.73. The highest BCUT2D eigenvalue weighted by atomic mass is 32.7. The van der Waals surface area contributed by atoms with Crippen LogP contribution in [0, 0.1) is 11.8 Å². The van der Waals surface area contributed by atoms with Gasteiger partial charge in [-0.25, -0.2) is 4.57 Å². The molecule has 0 spiro atoms. The van der Waals surface area contributed by atoms with Gasteiger partial charge in [-0.15, -0.1) is 0 Å². The van der Waals surface area contributed by atoms with Gasteiger partial charge in [0.05, 0.1) is 0 Å². The molecule has 0 aliphatic heterocycles. The summed E-state index contributed by atoms with van der Waals surface area (Å²) in [7, 11) is 0. The third kappa shape index (κ3) is 19.1. The maximum absolute atomic E-state index is 9.19. The van der Waals surface area contributed by atoms with Crippen LogP contribution in [0.25, 0.3) is 0 Å². The van der Waals surface area contributed by atoms with Gasteiger partial charge in [-0.05, 0) is 23.6 Å². The third-order valence-electron chi connectivity index (χ3n) is 3.97. The Morgan fingerprint density at radius 3 is 1.09 bits per heavy atom. The molecule has 0 aromatic carbocycles. The van der Waals surface area contributed by atoms with Crippen molar-refractivity contribution >= 4 is 37.6 Å². The van der Waals surface area contributed by atoms with Crippen molar-refractivity contribution in [2.24, 2.45) is 11.8 Å². The molecule has 0 amide bonds. The molecule has 2 aliphatic carbocycles. The van der Waals surface area contributed by atoms with Gasteiger partial charge in [-0.2, -0.15) is 0 Å². The molecule has 0 saturated heterocycles. The van der Waals surface area contributed by atoms with Gasteiger partial charge in [0.1, 0.15) is 0 Å². The molecule has 2 fully saturated rings. The highest BCUT2D eigenvalue weighted by molar-refractivity contribution is 8.43. The molecule has 5 N–H and O–H groups in total. The van der Waals surface area contributed by atoms with Gasteiger partial charge in [0.15, 0.2) is 0 Å². The monoisotopic (exact) mass is 394 g/mol. The molecular formula is C12H28O6P2S2. The van der Waals surface area contributed by atoms with E-state index in [2.05, 4.69) is 24.1 Å². The second-order valence-electron chi connectivity index (χ2n) is 5.82. The Balaban J connectivity index is 0.000000372. The van der Waals surface area contributed by atoms with E-state index in [-0.39, 0.29) is 0 Å². The molecule has 0 atom stereocenters. The molecule has 2 aliphatic rings. The normalized spacial score (nSPS) is 21.2. The summed E-state index contributed by atoms with van der Waals surface area (Å²) in [4.78, 5) is 37.7. The van der Waals surface area contributed by atoms with E-state index in [0.717, 1.165) is 11.8 Å². The van der Waals surface area contributed by atoms with Crippen molar-refractivity contribution < 1.29 is 29.0 Å². The molecule has 0 aromatic heterocycles. The summed E-state index contributed by atoms with van der Waals surface area (Å²) in [6, 6.07) is 0. The van der Waals surface area contributed by atoms with Gasteiger partial charge in [-0.1, -0.05) is 76.5 Å². The van der Waals surface area contributed by atoms with E-state index in [1.54, 1.807) is 25.7 Å². The van der Waals surface area contributed by atoms with Gasteiger partial charge in [0.25, 0.3) is 0 Å². The first-order chi connectivity index (χ1) is 9.97. The van der Waals surface area contributed by atoms with Crippen LogP contribution >= 0.6 is 25.8 Å². The van der Waals surface area contributed by atoms with Crippen molar-refractivity contribution in [1.29, 1.82) is 0 Å². The number of hydrogen-bond donors (Lipinski definition) is 6.